The van der Waals surface area contributed by atoms with Crippen LogP contribution in [0.2, 0.25) is 0 Å². The molecule has 3 aliphatic rings. The van der Waals surface area contributed by atoms with Crippen LogP contribution in [0, 0.1) is 16.2 Å². The fourth-order valence-corrected chi connectivity index (χ4v) is 5.26. The maximum absolute atomic E-state index is 2.43. The summed E-state index contributed by atoms with van der Waals surface area (Å²) in [7, 11) is 0. The fraction of sp³-hybridized carbons (Fsp3) is 0.818. The molecule has 0 aromatic carbocycles. The van der Waals surface area contributed by atoms with Crippen molar-refractivity contribution >= 4 is 0 Å². The van der Waals surface area contributed by atoms with Crippen molar-refractivity contribution in [3.8, 4) is 0 Å². The van der Waals surface area contributed by atoms with Crippen LogP contribution in [-0.2, 0) is 0 Å². The van der Waals surface area contributed by atoms with Crippen molar-refractivity contribution in [3.05, 3.63) is 22.3 Å². The quantitative estimate of drug-likeness (QED) is 0.443. The predicted octanol–water partition coefficient (Wildman–Crippen LogP) is 7.21. The summed E-state index contributed by atoms with van der Waals surface area (Å²) in [5, 5.41) is 0. The number of rotatable bonds is 0. The van der Waals surface area contributed by atoms with E-state index in [1.165, 1.54) is 57.8 Å². The van der Waals surface area contributed by atoms with Crippen LogP contribution >= 0.6 is 0 Å². The number of fused-ring (bicyclic) bond motifs is 1. The van der Waals surface area contributed by atoms with Gasteiger partial charge in [-0.25, -0.2) is 0 Å². The molecule has 124 valence electrons. The molecule has 0 N–H and O–H groups in total. The molecule has 3 aliphatic carbocycles. The van der Waals surface area contributed by atoms with Crippen molar-refractivity contribution in [2.75, 3.05) is 0 Å². The normalized spacial score (nSPS) is 25.9. The summed E-state index contributed by atoms with van der Waals surface area (Å²) >= 11 is 0. The third kappa shape index (κ3) is 2.83. The summed E-state index contributed by atoms with van der Waals surface area (Å²) in [4.78, 5) is 0. The van der Waals surface area contributed by atoms with Crippen LogP contribution in [0.3, 0.4) is 0 Å². The van der Waals surface area contributed by atoms with E-state index in [9.17, 15) is 0 Å². The molecule has 0 nitrogen and oxygen atoms in total. The van der Waals surface area contributed by atoms with Crippen molar-refractivity contribution in [2.45, 2.75) is 99.3 Å². The van der Waals surface area contributed by atoms with E-state index in [-0.39, 0.29) is 0 Å². The molecule has 0 aromatic rings. The van der Waals surface area contributed by atoms with Crippen molar-refractivity contribution in [1.82, 2.24) is 0 Å². The maximum atomic E-state index is 2.43. The van der Waals surface area contributed by atoms with Gasteiger partial charge in [-0.2, -0.15) is 0 Å². The van der Waals surface area contributed by atoms with E-state index in [1.807, 2.05) is 0 Å². The van der Waals surface area contributed by atoms with E-state index >= 15 is 0 Å². The second-order valence-electron chi connectivity index (χ2n) is 10.4. The minimum Gasteiger partial charge on any atom is -0.0573 e. The second-order valence-corrected chi connectivity index (χ2v) is 10.4. The lowest BCUT2D eigenvalue weighted by atomic mass is 9.74. The standard InChI is InChI=1S/C22H36/c1-20(2,3)18-13-19(21(4,5)6)17-15-22(14-16(17)18)11-9-7-8-10-12-22/h7-15H2,1-6H3. The largest absolute Gasteiger partial charge is 0.0573 e. The molecule has 0 unspecified atom stereocenters. The third-order valence-corrected chi connectivity index (χ3v) is 6.52. The summed E-state index contributed by atoms with van der Waals surface area (Å²) in [6.45, 7) is 14.6. The highest BCUT2D eigenvalue weighted by atomic mass is 14.5. The van der Waals surface area contributed by atoms with Crippen LogP contribution in [0.1, 0.15) is 99.3 Å². The molecule has 0 aliphatic heterocycles. The van der Waals surface area contributed by atoms with Crippen LogP contribution in [0.25, 0.3) is 0 Å². The third-order valence-electron chi connectivity index (χ3n) is 6.52. The lowest BCUT2D eigenvalue weighted by Crippen LogP contribution is -2.18. The van der Waals surface area contributed by atoms with Gasteiger partial charge in [0.2, 0.25) is 0 Å². The molecule has 0 saturated heterocycles. The molecule has 1 spiro atoms. The lowest BCUT2D eigenvalue weighted by molar-refractivity contribution is 0.263. The highest BCUT2D eigenvalue weighted by Crippen LogP contribution is 2.61. The first-order chi connectivity index (χ1) is 10.1. The monoisotopic (exact) mass is 300 g/mol. The molecule has 0 amide bonds. The van der Waals surface area contributed by atoms with Gasteiger partial charge in [-0.1, -0.05) is 78.4 Å². The van der Waals surface area contributed by atoms with Gasteiger partial charge < -0.3 is 0 Å². The fourth-order valence-electron chi connectivity index (χ4n) is 5.26. The molecule has 2 fully saturated rings. The van der Waals surface area contributed by atoms with Gasteiger partial charge in [-0.3, -0.25) is 0 Å². The van der Waals surface area contributed by atoms with Crippen molar-refractivity contribution < 1.29 is 0 Å². The second kappa shape index (κ2) is 5.25. The molecule has 0 heteroatoms. The van der Waals surface area contributed by atoms with Crippen LogP contribution < -0.4 is 0 Å². The van der Waals surface area contributed by atoms with Gasteiger partial charge in [0, 0.05) is 0 Å². The van der Waals surface area contributed by atoms with E-state index in [4.69, 9.17) is 0 Å². The Morgan fingerprint density at radius 1 is 0.636 bits per heavy atom. The first-order valence-corrected chi connectivity index (χ1v) is 9.58. The summed E-state index contributed by atoms with van der Waals surface area (Å²) in [6, 6.07) is 0. The van der Waals surface area contributed by atoms with Crippen LogP contribution in [0.5, 0.6) is 0 Å². The summed E-state index contributed by atoms with van der Waals surface area (Å²) in [5.41, 5.74) is 8.46. The average Bonchev–Trinajstić information content (AvgIpc) is 2.76. The zero-order valence-corrected chi connectivity index (χ0v) is 15.9. The lowest BCUT2D eigenvalue weighted by Gasteiger charge is -2.31. The van der Waals surface area contributed by atoms with Gasteiger partial charge in [0.05, 0.1) is 0 Å². The minimum absolute atomic E-state index is 0.337. The SMILES string of the molecule is CC(C)(C)C1=C2CC3(CCCCCC3)CC2=C(C(C)(C)C)C1. The number of hydrogen-bond acceptors (Lipinski definition) is 0. The Kier molecular flexibility index (Phi) is 3.90. The zero-order chi connectivity index (χ0) is 16.2. The van der Waals surface area contributed by atoms with E-state index in [1.54, 1.807) is 22.3 Å². The van der Waals surface area contributed by atoms with Crippen molar-refractivity contribution in [1.29, 1.82) is 0 Å². The number of hydrogen-bond donors (Lipinski definition) is 0. The maximum Gasteiger partial charge on any atom is -0.00861 e. The average molecular weight is 301 g/mol. The predicted molar refractivity (Wildman–Crippen MR) is 96.9 cm³/mol. The Morgan fingerprint density at radius 2 is 1.05 bits per heavy atom. The molecule has 0 heterocycles. The van der Waals surface area contributed by atoms with Gasteiger partial charge in [0.25, 0.3) is 0 Å². The van der Waals surface area contributed by atoms with Gasteiger partial charge in [0.15, 0.2) is 0 Å². The topological polar surface area (TPSA) is 0 Å². The molecule has 0 bridgehead atoms. The Morgan fingerprint density at radius 3 is 1.41 bits per heavy atom. The number of allylic oxidation sites excluding steroid dienone is 4. The molecular weight excluding hydrogens is 264 g/mol. The van der Waals surface area contributed by atoms with Gasteiger partial charge in [0.1, 0.15) is 0 Å². The molecule has 22 heavy (non-hydrogen) atoms. The van der Waals surface area contributed by atoms with Gasteiger partial charge in [-0.05, 0) is 59.5 Å². The highest BCUT2D eigenvalue weighted by molar-refractivity contribution is 5.54. The molecule has 2 saturated carbocycles. The van der Waals surface area contributed by atoms with E-state index in [0.29, 0.717) is 16.2 Å². The highest BCUT2D eigenvalue weighted by Gasteiger charge is 2.46. The Hall–Kier alpha value is -0.520. The summed E-state index contributed by atoms with van der Waals surface area (Å²) in [6.07, 6.45) is 12.9. The first-order valence-electron chi connectivity index (χ1n) is 9.58. The Bertz CT molecular complexity index is 465. The first kappa shape index (κ1) is 16.3. The smallest absolute Gasteiger partial charge is 0.00861 e. The zero-order valence-electron chi connectivity index (χ0n) is 15.9. The summed E-state index contributed by atoms with van der Waals surface area (Å²) in [5.74, 6) is 0. The van der Waals surface area contributed by atoms with Crippen LogP contribution in [0.15, 0.2) is 22.3 Å². The minimum atomic E-state index is 0.337. The van der Waals surface area contributed by atoms with Crippen LogP contribution in [0.4, 0.5) is 0 Å². The molecule has 3 rings (SSSR count). The summed E-state index contributed by atoms with van der Waals surface area (Å²) < 4.78 is 0. The molecule has 0 radical (unpaired) electrons. The Labute approximate surface area is 138 Å². The van der Waals surface area contributed by atoms with E-state index < -0.39 is 0 Å². The van der Waals surface area contributed by atoms with Crippen molar-refractivity contribution in [3.63, 3.8) is 0 Å². The Balaban J connectivity index is 2.02. The van der Waals surface area contributed by atoms with Crippen molar-refractivity contribution in [2.24, 2.45) is 16.2 Å². The molecule has 0 aromatic heterocycles. The van der Waals surface area contributed by atoms with E-state index in [2.05, 4.69) is 41.5 Å². The molecular formula is C22H36. The van der Waals surface area contributed by atoms with E-state index in [0.717, 1.165) is 0 Å². The van der Waals surface area contributed by atoms with Gasteiger partial charge >= 0.3 is 0 Å². The molecule has 0 atom stereocenters. The van der Waals surface area contributed by atoms with Gasteiger partial charge in [-0.15, -0.1) is 0 Å². The van der Waals surface area contributed by atoms with Crippen LogP contribution in [-0.4, -0.2) is 0 Å².